The van der Waals surface area contributed by atoms with Crippen molar-refractivity contribution < 1.29 is 5.11 Å². The summed E-state index contributed by atoms with van der Waals surface area (Å²) >= 11 is 0. The first-order chi connectivity index (χ1) is 15.9. The lowest BCUT2D eigenvalue weighted by Crippen LogP contribution is -2.44. The molecule has 4 rings (SSSR count). The van der Waals surface area contributed by atoms with Crippen LogP contribution in [0.3, 0.4) is 0 Å². The third-order valence-electron chi connectivity index (χ3n) is 7.37. The van der Waals surface area contributed by atoms with Crippen LogP contribution < -0.4 is 0 Å². The van der Waals surface area contributed by atoms with E-state index >= 15 is 0 Å². The van der Waals surface area contributed by atoms with Crippen molar-refractivity contribution in [2.24, 2.45) is 5.92 Å². The first kappa shape index (κ1) is 23.7. The van der Waals surface area contributed by atoms with E-state index in [0.29, 0.717) is 0 Å². The molecule has 3 aromatic rings. The van der Waals surface area contributed by atoms with Crippen molar-refractivity contribution in [3.63, 3.8) is 0 Å². The van der Waals surface area contributed by atoms with E-state index in [2.05, 4.69) is 74.2 Å². The van der Waals surface area contributed by atoms with Gasteiger partial charge in [0.05, 0.1) is 0 Å². The topological polar surface area (TPSA) is 23.5 Å². The summed E-state index contributed by atoms with van der Waals surface area (Å²) in [5.41, 5.74) is 4.13. The number of aliphatic hydroxyl groups is 1. The number of benzene rings is 3. The Labute approximate surface area is 200 Å². The van der Waals surface area contributed by atoms with Crippen LogP contribution in [0.2, 0.25) is 0 Å². The van der Waals surface area contributed by atoms with Crippen molar-refractivity contribution in [1.29, 1.82) is 0 Å². The SMILES string of the molecule is CC(C)(C)c1ccc(CCCN2CCC(C(O)(c3ccccc3)c3ccccc3)CC2)cc1. The van der Waals surface area contributed by atoms with Gasteiger partial charge in [-0.3, -0.25) is 0 Å². The third kappa shape index (κ3) is 5.57. The molecule has 0 saturated carbocycles. The summed E-state index contributed by atoms with van der Waals surface area (Å²) in [6.07, 6.45) is 4.34. The van der Waals surface area contributed by atoms with Gasteiger partial charge in [-0.2, -0.15) is 0 Å². The van der Waals surface area contributed by atoms with Crippen LogP contribution in [0.25, 0.3) is 0 Å². The fourth-order valence-corrected chi connectivity index (χ4v) is 5.28. The second kappa shape index (κ2) is 10.2. The number of rotatable bonds is 7. The Hall–Kier alpha value is -2.42. The minimum Gasteiger partial charge on any atom is -0.380 e. The molecule has 1 heterocycles. The summed E-state index contributed by atoms with van der Waals surface area (Å²) < 4.78 is 0. The van der Waals surface area contributed by atoms with Crippen LogP contribution in [0.15, 0.2) is 84.9 Å². The molecular weight excluding hydrogens is 402 g/mol. The van der Waals surface area contributed by atoms with Crippen molar-refractivity contribution >= 4 is 0 Å². The molecule has 1 aliphatic rings. The molecule has 0 radical (unpaired) electrons. The number of nitrogens with zero attached hydrogens (tertiary/aromatic N) is 1. The van der Waals surface area contributed by atoms with E-state index < -0.39 is 5.60 Å². The first-order valence-electron chi connectivity index (χ1n) is 12.5. The van der Waals surface area contributed by atoms with Crippen LogP contribution in [0.5, 0.6) is 0 Å². The van der Waals surface area contributed by atoms with Crippen molar-refractivity contribution in [2.45, 2.75) is 57.5 Å². The van der Waals surface area contributed by atoms with Gasteiger partial charge in [-0.1, -0.05) is 106 Å². The number of likely N-dealkylation sites (tertiary alicyclic amines) is 1. The Morgan fingerprint density at radius 2 is 1.24 bits per heavy atom. The van der Waals surface area contributed by atoms with Crippen LogP contribution >= 0.6 is 0 Å². The zero-order valence-corrected chi connectivity index (χ0v) is 20.5. The Morgan fingerprint density at radius 3 is 1.73 bits per heavy atom. The van der Waals surface area contributed by atoms with Crippen LogP contribution in [-0.2, 0) is 17.4 Å². The number of aryl methyl sites for hydroxylation is 1. The molecule has 1 aliphatic heterocycles. The highest BCUT2D eigenvalue weighted by Crippen LogP contribution is 2.41. The largest absolute Gasteiger partial charge is 0.380 e. The zero-order chi connectivity index (χ0) is 23.3. The molecular formula is C31H39NO. The van der Waals surface area contributed by atoms with E-state index in [4.69, 9.17) is 0 Å². The lowest BCUT2D eigenvalue weighted by molar-refractivity contribution is -0.0142. The summed E-state index contributed by atoms with van der Waals surface area (Å²) in [5.74, 6) is 0.225. The maximum absolute atomic E-state index is 12.1. The van der Waals surface area contributed by atoms with Gasteiger partial charge in [0.2, 0.25) is 0 Å². The van der Waals surface area contributed by atoms with Crippen LogP contribution in [0.1, 0.15) is 62.3 Å². The molecule has 1 N–H and O–H groups in total. The standard InChI is InChI=1S/C31H39NO/c1-30(2,3)26-18-16-25(17-19-26)11-10-22-32-23-20-29(21-24-32)31(33,27-12-6-4-7-13-27)28-14-8-5-9-15-28/h4-9,12-19,29,33H,10-11,20-24H2,1-3H3. The highest BCUT2D eigenvalue weighted by Gasteiger charge is 2.41. The second-order valence-electron chi connectivity index (χ2n) is 10.7. The van der Waals surface area contributed by atoms with Gasteiger partial charge in [0.1, 0.15) is 5.60 Å². The molecule has 0 aromatic heterocycles. The number of hydrogen-bond acceptors (Lipinski definition) is 2. The molecule has 0 spiro atoms. The average Bonchev–Trinajstić information content (AvgIpc) is 2.85. The lowest BCUT2D eigenvalue weighted by Gasteiger charge is -2.42. The van der Waals surface area contributed by atoms with Gasteiger partial charge >= 0.3 is 0 Å². The van der Waals surface area contributed by atoms with Crippen LogP contribution in [0, 0.1) is 5.92 Å². The minimum atomic E-state index is -0.927. The van der Waals surface area contributed by atoms with E-state index in [-0.39, 0.29) is 11.3 Å². The zero-order valence-electron chi connectivity index (χ0n) is 20.5. The highest BCUT2D eigenvalue weighted by atomic mass is 16.3. The summed E-state index contributed by atoms with van der Waals surface area (Å²) in [7, 11) is 0. The van der Waals surface area contributed by atoms with E-state index in [1.807, 2.05) is 36.4 Å². The molecule has 0 amide bonds. The maximum atomic E-state index is 12.1. The van der Waals surface area contributed by atoms with Gasteiger partial charge in [-0.25, -0.2) is 0 Å². The molecule has 1 saturated heterocycles. The Kier molecular flexibility index (Phi) is 7.36. The lowest BCUT2D eigenvalue weighted by atomic mass is 9.72. The van der Waals surface area contributed by atoms with Crippen molar-refractivity contribution in [3.05, 3.63) is 107 Å². The summed E-state index contributed by atoms with van der Waals surface area (Å²) in [4.78, 5) is 2.58. The predicted molar refractivity (Wildman–Crippen MR) is 139 cm³/mol. The van der Waals surface area contributed by atoms with Gasteiger partial charge in [0.25, 0.3) is 0 Å². The molecule has 0 unspecified atom stereocenters. The molecule has 0 atom stereocenters. The molecule has 2 heteroatoms. The summed E-state index contributed by atoms with van der Waals surface area (Å²) in [5, 5.41) is 12.1. The fraction of sp³-hybridized carbons (Fsp3) is 0.419. The van der Waals surface area contributed by atoms with E-state index in [1.165, 1.54) is 17.5 Å². The van der Waals surface area contributed by atoms with E-state index in [1.54, 1.807) is 0 Å². The predicted octanol–water partition coefficient (Wildman–Crippen LogP) is 6.56. The molecule has 0 aliphatic carbocycles. The fourth-order valence-electron chi connectivity index (χ4n) is 5.28. The van der Waals surface area contributed by atoms with E-state index in [9.17, 15) is 5.11 Å². The van der Waals surface area contributed by atoms with Crippen molar-refractivity contribution in [3.8, 4) is 0 Å². The monoisotopic (exact) mass is 441 g/mol. The van der Waals surface area contributed by atoms with Crippen LogP contribution in [0.4, 0.5) is 0 Å². The van der Waals surface area contributed by atoms with Gasteiger partial charge in [-0.15, -0.1) is 0 Å². The molecule has 2 nitrogen and oxygen atoms in total. The molecule has 33 heavy (non-hydrogen) atoms. The Bertz CT molecular complexity index is 941. The molecule has 0 bridgehead atoms. The van der Waals surface area contributed by atoms with Crippen molar-refractivity contribution in [1.82, 2.24) is 4.90 Å². The van der Waals surface area contributed by atoms with Gasteiger partial charge < -0.3 is 10.0 Å². The smallest absolute Gasteiger partial charge is 0.117 e. The minimum absolute atomic E-state index is 0.213. The quantitative estimate of drug-likeness (QED) is 0.448. The van der Waals surface area contributed by atoms with Crippen molar-refractivity contribution in [2.75, 3.05) is 19.6 Å². The average molecular weight is 442 g/mol. The van der Waals surface area contributed by atoms with E-state index in [0.717, 1.165) is 50.0 Å². The first-order valence-corrected chi connectivity index (χ1v) is 12.5. The molecule has 1 fully saturated rings. The molecule has 3 aromatic carbocycles. The van der Waals surface area contributed by atoms with Gasteiger partial charge in [0.15, 0.2) is 0 Å². The normalized spacial score (nSPS) is 16.1. The Morgan fingerprint density at radius 1 is 0.727 bits per heavy atom. The molecule has 174 valence electrons. The number of hydrogen-bond donors (Lipinski definition) is 1. The summed E-state index contributed by atoms with van der Waals surface area (Å²) in [6.45, 7) is 10.0. The van der Waals surface area contributed by atoms with Gasteiger partial charge in [-0.05, 0) is 78.9 Å². The maximum Gasteiger partial charge on any atom is 0.117 e. The third-order valence-corrected chi connectivity index (χ3v) is 7.37. The van der Waals surface area contributed by atoms with Gasteiger partial charge in [0, 0.05) is 0 Å². The number of piperidine rings is 1. The Balaban J connectivity index is 1.34. The highest BCUT2D eigenvalue weighted by molar-refractivity contribution is 5.37. The second-order valence-corrected chi connectivity index (χ2v) is 10.7. The van der Waals surface area contributed by atoms with Crippen LogP contribution in [-0.4, -0.2) is 29.6 Å². The summed E-state index contributed by atoms with van der Waals surface area (Å²) in [6, 6.07) is 29.6.